The number of nitrogens with zero attached hydrogens (tertiary/aromatic N) is 2. The van der Waals surface area contributed by atoms with Gasteiger partial charge in [0.25, 0.3) is 5.69 Å². The molecule has 0 aliphatic rings. The summed E-state index contributed by atoms with van der Waals surface area (Å²) in [5.74, 6) is 0.366. The molecule has 3 aromatic rings. The molecule has 2 N–H and O–H groups in total. The van der Waals surface area contributed by atoms with Crippen molar-refractivity contribution in [3.8, 4) is 11.3 Å². The van der Waals surface area contributed by atoms with Crippen LogP contribution in [0.15, 0.2) is 70.2 Å². The van der Waals surface area contributed by atoms with Crippen LogP contribution in [-0.2, 0) is 9.53 Å². The second kappa shape index (κ2) is 11.4. The molecule has 0 unspecified atom stereocenters. The van der Waals surface area contributed by atoms with Crippen molar-refractivity contribution in [1.82, 2.24) is 10.7 Å². The lowest BCUT2D eigenvalue weighted by molar-refractivity contribution is -0.384. The van der Waals surface area contributed by atoms with Crippen molar-refractivity contribution in [1.29, 1.82) is 0 Å². The minimum absolute atomic E-state index is 0.0381. The van der Waals surface area contributed by atoms with Crippen molar-refractivity contribution in [2.45, 2.75) is 26.3 Å². The maximum Gasteiger partial charge on any atom is 0.407 e. The van der Waals surface area contributed by atoms with Gasteiger partial charge in [-0.3, -0.25) is 14.9 Å². The number of nitrogens with one attached hydrogen (secondary N) is 2. The molecule has 0 spiro atoms. The Bertz CT molecular complexity index is 1190. The Morgan fingerprint density at radius 1 is 1.18 bits per heavy atom. The fourth-order valence-corrected chi connectivity index (χ4v) is 3.21. The predicted molar refractivity (Wildman–Crippen MR) is 125 cm³/mol. The third-order valence-corrected chi connectivity index (χ3v) is 4.86. The molecule has 10 nitrogen and oxygen atoms in total. The van der Waals surface area contributed by atoms with E-state index in [1.54, 1.807) is 37.3 Å². The number of carbonyl (C=O) groups excluding carboxylic acids is 2. The number of hydrogen-bond donors (Lipinski definition) is 2. The van der Waals surface area contributed by atoms with E-state index < -0.39 is 23.0 Å². The zero-order valence-electron chi connectivity index (χ0n) is 18.7. The quantitative estimate of drug-likeness (QED) is 0.272. The lowest BCUT2D eigenvalue weighted by Gasteiger charge is -2.17. The summed E-state index contributed by atoms with van der Waals surface area (Å²) in [6.07, 6.45) is 0.646. The Balaban J connectivity index is 1.64. The largest absolute Gasteiger partial charge is 0.455 e. The first-order chi connectivity index (χ1) is 16.4. The Kier molecular flexibility index (Phi) is 8.11. The van der Waals surface area contributed by atoms with Gasteiger partial charge in [-0.05, 0) is 37.1 Å². The second-order valence-corrected chi connectivity index (χ2v) is 7.28. The normalized spacial score (nSPS) is 11.7. The van der Waals surface area contributed by atoms with Gasteiger partial charge >= 0.3 is 6.09 Å². The third kappa shape index (κ3) is 6.52. The van der Waals surface area contributed by atoms with E-state index in [0.29, 0.717) is 17.1 Å². The molecule has 1 atom stereocenters. The molecule has 0 radical (unpaired) electrons. The van der Waals surface area contributed by atoms with E-state index in [0.717, 1.165) is 11.1 Å². The zero-order chi connectivity index (χ0) is 24.5. The summed E-state index contributed by atoms with van der Waals surface area (Å²) < 4.78 is 10.6. The fraction of sp³-hybridized carbons (Fsp3) is 0.208. The van der Waals surface area contributed by atoms with Gasteiger partial charge in [0.05, 0.1) is 30.2 Å². The predicted octanol–water partition coefficient (Wildman–Crippen LogP) is 4.49. The number of amides is 2. The Hall–Kier alpha value is -4.47. The number of hydrogen-bond acceptors (Lipinski definition) is 7. The van der Waals surface area contributed by atoms with Crippen LogP contribution in [0, 0.1) is 17.0 Å². The molecule has 0 aliphatic heterocycles. The van der Waals surface area contributed by atoms with E-state index in [1.165, 1.54) is 18.3 Å². The van der Waals surface area contributed by atoms with E-state index in [2.05, 4.69) is 15.8 Å². The molecule has 176 valence electrons. The lowest BCUT2D eigenvalue weighted by atomic mass is 10.0. The highest BCUT2D eigenvalue weighted by Gasteiger charge is 2.19. The zero-order valence-corrected chi connectivity index (χ0v) is 18.7. The number of carbonyl (C=O) groups is 2. The molecule has 0 bridgehead atoms. The van der Waals surface area contributed by atoms with Crippen LogP contribution < -0.4 is 10.7 Å². The Labute approximate surface area is 195 Å². The number of hydrazone groups is 1. The molecule has 3 rings (SSSR count). The molecule has 0 aliphatic carbocycles. The minimum atomic E-state index is -0.618. The lowest BCUT2D eigenvalue weighted by Crippen LogP contribution is -2.33. The van der Waals surface area contributed by atoms with Crippen molar-refractivity contribution in [2.24, 2.45) is 5.10 Å². The van der Waals surface area contributed by atoms with Gasteiger partial charge in [-0.15, -0.1) is 0 Å². The molecule has 0 saturated heterocycles. The number of non-ortho nitro benzene ring substituents is 1. The Morgan fingerprint density at radius 2 is 1.94 bits per heavy atom. The van der Waals surface area contributed by atoms with Gasteiger partial charge in [-0.25, -0.2) is 10.2 Å². The summed E-state index contributed by atoms with van der Waals surface area (Å²) in [7, 11) is 0. The smallest absolute Gasteiger partial charge is 0.407 e. The topological polar surface area (TPSA) is 136 Å². The van der Waals surface area contributed by atoms with E-state index in [9.17, 15) is 19.7 Å². The summed E-state index contributed by atoms with van der Waals surface area (Å²) in [6, 6.07) is 16.3. The number of nitro groups is 1. The van der Waals surface area contributed by atoms with Gasteiger partial charge in [-0.2, -0.15) is 5.10 Å². The van der Waals surface area contributed by atoms with E-state index in [1.807, 2.05) is 25.1 Å². The minimum Gasteiger partial charge on any atom is -0.455 e. The number of benzene rings is 2. The third-order valence-electron chi connectivity index (χ3n) is 4.86. The van der Waals surface area contributed by atoms with Crippen LogP contribution in [0.4, 0.5) is 10.5 Å². The molecular weight excluding hydrogens is 440 g/mol. The van der Waals surface area contributed by atoms with Crippen LogP contribution in [0.3, 0.4) is 0 Å². The van der Waals surface area contributed by atoms with Gasteiger partial charge in [0, 0.05) is 17.7 Å². The highest BCUT2D eigenvalue weighted by Crippen LogP contribution is 2.28. The van der Waals surface area contributed by atoms with Crippen molar-refractivity contribution in [3.63, 3.8) is 0 Å². The number of furan rings is 1. The van der Waals surface area contributed by atoms with Gasteiger partial charge in [0.15, 0.2) is 0 Å². The van der Waals surface area contributed by atoms with Gasteiger partial charge in [0.2, 0.25) is 5.91 Å². The summed E-state index contributed by atoms with van der Waals surface area (Å²) in [5, 5.41) is 17.6. The summed E-state index contributed by atoms with van der Waals surface area (Å²) in [5.41, 5.74) is 4.53. The molecule has 2 amide bonds. The van der Waals surface area contributed by atoms with Crippen LogP contribution in [0.1, 0.15) is 36.3 Å². The van der Waals surface area contributed by atoms with E-state index >= 15 is 0 Å². The number of nitro benzene ring substituents is 1. The molecule has 0 fully saturated rings. The summed E-state index contributed by atoms with van der Waals surface area (Å²) in [4.78, 5) is 34.9. The average Bonchev–Trinajstić information content (AvgIpc) is 3.28. The molecule has 2 aromatic carbocycles. The van der Waals surface area contributed by atoms with Crippen LogP contribution >= 0.6 is 0 Å². The molecule has 34 heavy (non-hydrogen) atoms. The fourth-order valence-electron chi connectivity index (χ4n) is 3.21. The monoisotopic (exact) mass is 464 g/mol. The first-order valence-corrected chi connectivity index (χ1v) is 10.5. The Morgan fingerprint density at radius 3 is 2.65 bits per heavy atom. The van der Waals surface area contributed by atoms with Crippen LogP contribution in [0.5, 0.6) is 0 Å². The first-order valence-electron chi connectivity index (χ1n) is 10.5. The van der Waals surface area contributed by atoms with Crippen LogP contribution in [0.2, 0.25) is 0 Å². The van der Waals surface area contributed by atoms with Gasteiger partial charge in [-0.1, -0.05) is 36.4 Å². The van der Waals surface area contributed by atoms with Gasteiger partial charge in [0.1, 0.15) is 11.5 Å². The number of aryl methyl sites for hydroxylation is 1. The average molecular weight is 464 g/mol. The molecule has 0 saturated carbocycles. The van der Waals surface area contributed by atoms with Crippen LogP contribution in [-0.4, -0.2) is 29.7 Å². The second-order valence-electron chi connectivity index (χ2n) is 7.28. The van der Waals surface area contributed by atoms with Crippen molar-refractivity contribution in [2.75, 3.05) is 6.61 Å². The maximum atomic E-state index is 12.4. The van der Waals surface area contributed by atoms with Crippen molar-refractivity contribution >= 4 is 23.9 Å². The molecule has 1 aromatic heterocycles. The summed E-state index contributed by atoms with van der Waals surface area (Å²) in [6.45, 7) is 3.73. The number of rotatable bonds is 9. The molecular formula is C24H24N4O6. The standard InChI is InChI=1S/C24H24N4O6/c1-3-33-24(30)26-21(17-7-5-4-6-8-17)14-23(29)27-25-15-19-11-12-22(34-19)20-13-18(28(31)32)10-9-16(20)2/h4-13,15,21H,3,14H2,1-2H3,(H,26,30)(H,27,29)/b25-15-/t21-/m1/s1. The van der Waals surface area contributed by atoms with Gasteiger partial charge < -0.3 is 14.5 Å². The van der Waals surface area contributed by atoms with Crippen molar-refractivity contribution < 1.29 is 23.7 Å². The highest BCUT2D eigenvalue weighted by atomic mass is 16.6. The number of alkyl carbamates (subject to hydrolysis) is 1. The molecule has 10 heteroatoms. The maximum absolute atomic E-state index is 12.4. The highest BCUT2D eigenvalue weighted by molar-refractivity contribution is 5.82. The summed E-state index contributed by atoms with van der Waals surface area (Å²) >= 11 is 0. The van der Waals surface area contributed by atoms with Crippen LogP contribution in [0.25, 0.3) is 11.3 Å². The first kappa shape index (κ1) is 24.2. The van der Waals surface area contributed by atoms with E-state index in [-0.39, 0.29) is 18.7 Å². The SMILES string of the molecule is CCOC(=O)N[C@H](CC(=O)N/N=C\c1ccc(-c2cc([N+](=O)[O-])ccc2C)o1)c1ccccc1. The molecule has 1 heterocycles. The van der Waals surface area contributed by atoms with E-state index in [4.69, 9.17) is 9.15 Å². The van der Waals surface area contributed by atoms with Crippen molar-refractivity contribution in [3.05, 3.63) is 87.7 Å². The number of ether oxygens (including phenoxy) is 1.